The number of nitrogens with one attached hydrogen (secondary N) is 1. The number of allylic oxidation sites excluding steroid dienone is 1. The number of ether oxygens (including phenoxy) is 1. The number of aromatic nitrogens is 2. The number of nitrogens with zero attached hydrogens (tertiary/aromatic N) is 2. The molecule has 3 aromatic rings. The lowest BCUT2D eigenvalue weighted by molar-refractivity contribution is -0.113. The number of carbonyl (C=O) groups excluding carboxylic acids is 1. The third kappa shape index (κ3) is 4.91. The highest BCUT2D eigenvalue weighted by molar-refractivity contribution is 7.99. The van der Waals surface area contributed by atoms with E-state index in [-0.39, 0.29) is 17.2 Å². The molecule has 0 bridgehead atoms. The van der Waals surface area contributed by atoms with Gasteiger partial charge in [-0.05, 0) is 69.4 Å². The topological polar surface area (TPSA) is 73.2 Å². The molecule has 0 saturated heterocycles. The molecule has 0 radical (unpaired) electrons. The highest BCUT2D eigenvalue weighted by Crippen LogP contribution is 2.34. The van der Waals surface area contributed by atoms with Crippen LogP contribution < -0.4 is 15.6 Å². The molecule has 6 nitrogen and oxygen atoms in total. The van der Waals surface area contributed by atoms with Gasteiger partial charge in [-0.3, -0.25) is 14.2 Å². The van der Waals surface area contributed by atoms with Gasteiger partial charge in [0.15, 0.2) is 5.16 Å². The lowest BCUT2D eigenvalue weighted by Gasteiger charge is -2.13. The number of hydrogen-bond donors (Lipinski definition) is 1. The zero-order valence-corrected chi connectivity index (χ0v) is 20.0. The van der Waals surface area contributed by atoms with Gasteiger partial charge in [-0.2, -0.15) is 0 Å². The van der Waals surface area contributed by atoms with Gasteiger partial charge in [0.1, 0.15) is 10.6 Å². The Kier molecular flexibility index (Phi) is 7.01. The molecule has 2 heterocycles. The largest absolute Gasteiger partial charge is 0.494 e. The van der Waals surface area contributed by atoms with Crippen LogP contribution in [0.5, 0.6) is 5.75 Å². The highest BCUT2D eigenvalue weighted by atomic mass is 32.2. The van der Waals surface area contributed by atoms with Gasteiger partial charge in [-0.25, -0.2) is 4.98 Å². The van der Waals surface area contributed by atoms with E-state index in [4.69, 9.17) is 9.72 Å². The molecule has 4 rings (SSSR count). The van der Waals surface area contributed by atoms with Crippen LogP contribution in [0.3, 0.4) is 0 Å². The van der Waals surface area contributed by atoms with Crippen LogP contribution in [0.4, 0.5) is 5.69 Å². The van der Waals surface area contributed by atoms with Gasteiger partial charge in [0, 0.05) is 17.1 Å². The summed E-state index contributed by atoms with van der Waals surface area (Å²) in [5.41, 5.74) is 2.73. The number of carbonyl (C=O) groups is 1. The predicted octanol–water partition coefficient (Wildman–Crippen LogP) is 5.04. The summed E-state index contributed by atoms with van der Waals surface area (Å²) in [6.07, 6.45) is 4.23. The minimum Gasteiger partial charge on any atom is -0.494 e. The van der Waals surface area contributed by atoms with Crippen molar-refractivity contribution in [3.05, 3.63) is 57.2 Å². The Morgan fingerprint density at radius 3 is 2.75 bits per heavy atom. The van der Waals surface area contributed by atoms with Crippen LogP contribution >= 0.6 is 23.1 Å². The number of aryl methyl sites for hydroxylation is 2. The van der Waals surface area contributed by atoms with Crippen molar-refractivity contribution in [2.24, 2.45) is 0 Å². The average molecular weight is 470 g/mol. The molecule has 1 aliphatic rings. The average Bonchev–Trinajstić information content (AvgIpc) is 3.14. The molecule has 0 fully saturated rings. The minimum atomic E-state index is -0.152. The van der Waals surface area contributed by atoms with Crippen LogP contribution in [0.1, 0.15) is 37.1 Å². The van der Waals surface area contributed by atoms with Crippen molar-refractivity contribution < 1.29 is 9.53 Å². The SMILES string of the molecule is C=C(C)Cn1c(SCC(=O)Nc2ccc(OCC)cc2)nc2sc3c(c2c1=O)CCCC3. The van der Waals surface area contributed by atoms with Gasteiger partial charge in [0.05, 0.1) is 17.7 Å². The molecule has 168 valence electrons. The van der Waals surface area contributed by atoms with Crippen molar-refractivity contribution in [3.63, 3.8) is 0 Å². The Hall–Kier alpha value is -2.58. The van der Waals surface area contributed by atoms with Gasteiger partial charge in [0.25, 0.3) is 5.56 Å². The number of fused-ring (bicyclic) bond motifs is 3. The Morgan fingerprint density at radius 1 is 1.28 bits per heavy atom. The first kappa shape index (κ1) is 22.6. The van der Waals surface area contributed by atoms with E-state index in [1.54, 1.807) is 15.9 Å². The van der Waals surface area contributed by atoms with Crippen LogP contribution in [0.15, 0.2) is 46.4 Å². The maximum absolute atomic E-state index is 13.4. The smallest absolute Gasteiger partial charge is 0.263 e. The van der Waals surface area contributed by atoms with Crippen LogP contribution in [0, 0.1) is 0 Å². The Bertz CT molecular complexity index is 1210. The van der Waals surface area contributed by atoms with Crippen LogP contribution in [-0.2, 0) is 24.2 Å². The molecule has 1 amide bonds. The van der Waals surface area contributed by atoms with Crippen molar-refractivity contribution in [2.45, 2.75) is 51.2 Å². The summed E-state index contributed by atoms with van der Waals surface area (Å²) in [4.78, 5) is 32.8. The molecule has 1 aromatic carbocycles. The Balaban J connectivity index is 1.55. The van der Waals surface area contributed by atoms with E-state index < -0.39 is 0 Å². The fourth-order valence-electron chi connectivity index (χ4n) is 3.87. The normalized spacial score (nSPS) is 13.1. The second kappa shape index (κ2) is 9.92. The molecule has 0 unspecified atom stereocenters. The van der Waals surface area contributed by atoms with Crippen molar-refractivity contribution in [1.82, 2.24) is 9.55 Å². The molecule has 8 heteroatoms. The summed E-state index contributed by atoms with van der Waals surface area (Å²) in [6.45, 7) is 8.79. The Labute approximate surface area is 195 Å². The van der Waals surface area contributed by atoms with Crippen LogP contribution in [0.2, 0.25) is 0 Å². The summed E-state index contributed by atoms with van der Waals surface area (Å²) in [6, 6.07) is 7.27. The van der Waals surface area contributed by atoms with Gasteiger partial charge >= 0.3 is 0 Å². The highest BCUT2D eigenvalue weighted by Gasteiger charge is 2.22. The molecule has 0 spiro atoms. The third-order valence-corrected chi connectivity index (χ3v) is 7.41. The summed E-state index contributed by atoms with van der Waals surface area (Å²) in [5.74, 6) is 0.771. The second-order valence-electron chi connectivity index (χ2n) is 7.93. The predicted molar refractivity (Wildman–Crippen MR) is 132 cm³/mol. The number of anilines is 1. The lowest BCUT2D eigenvalue weighted by Crippen LogP contribution is -2.25. The number of benzene rings is 1. The third-order valence-electron chi connectivity index (χ3n) is 5.25. The molecule has 0 saturated carbocycles. The fourth-order valence-corrected chi connectivity index (χ4v) is 5.97. The number of thiophene rings is 1. The number of rotatable bonds is 8. The molecule has 1 N–H and O–H groups in total. The van der Waals surface area contributed by atoms with E-state index in [1.165, 1.54) is 22.2 Å². The first-order valence-electron chi connectivity index (χ1n) is 10.8. The molecule has 32 heavy (non-hydrogen) atoms. The monoisotopic (exact) mass is 469 g/mol. The zero-order valence-electron chi connectivity index (χ0n) is 18.4. The van der Waals surface area contributed by atoms with Crippen molar-refractivity contribution in [2.75, 3.05) is 17.7 Å². The van der Waals surface area contributed by atoms with Crippen LogP contribution in [0.25, 0.3) is 10.2 Å². The first-order chi connectivity index (χ1) is 15.5. The molecule has 0 atom stereocenters. The van der Waals surface area contributed by atoms with Crippen molar-refractivity contribution in [1.29, 1.82) is 0 Å². The maximum Gasteiger partial charge on any atom is 0.263 e. The first-order valence-corrected chi connectivity index (χ1v) is 12.6. The zero-order chi connectivity index (χ0) is 22.7. The van der Waals surface area contributed by atoms with E-state index in [1.807, 2.05) is 38.1 Å². The number of amides is 1. The van der Waals surface area contributed by atoms with Crippen molar-refractivity contribution >= 4 is 44.9 Å². The molecule has 2 aromatic heterocycles. The molecule has 0 aliphatic heterocycles. The lowest BCUT2D eigenvalue weighted by atomic mass is 9.97. The second-order valence-corrected chi connectivity index (χ2v) is 9.95. The molecular weight excluding hydrogens is 442 g/mol. The van der Waals surface area contributed by atoms with E-state index >= 15 is 0 Å². The summed E-state index contributed by atoms with van der Waals surface area (Å²) in [7, 11) is 0. The van der Waals surface area contributed by atoms with E-state index in [0.29, 0.717) is 24.0 Å². The maximum atomic E-state index is 13.4. The summed E-state index contributed by atoms with van der Waals surface area (Å²) < 4.78 is 7.10. The van der Waals surface area contributed by atoms with Crippen molar-refractivity contribution in [3.8, 4) is 5.75 Å². The van der Waals surface area contributed by atoms with E-state index in [9.17, 15) is 9.59 Å². The number of hydrogen-bond acceptors (Lipinski definition) is 6. The van der Waals surface area contributed by atoms with E-state index in [0.717, 1.165) is 47.2 Å². The summed E-state index contributed by atoms with van der Waals surface area (Å²) >= 11 is 2.91. The van der Waals surface area contributed by atoms with Gasteiger partial charge in [-0.15, -0.1) is 11.3 Å². The quantitative estimate of drug-likeness (QED) is 0.284. The standard InChI is InChI=1S/C24H27N3O3S2/c1-4-30-17-11-9-16(10-12-17)25-20(28)14-31-24-26-22-21(23(29)27(24)13-15(2)3)18-7-5-6-8-19(18)32-22/h9-12H,2,4-8,13-14H2,1,3H3,(H,25,28). The fraction of sp³-hybridized carbons (Fsp3) is 0.375. The van der Waals surface area contributed by atoms with Gasteiger partial charge in [0.2, 0.25) is 5.91 Å². The Morgan fingerprint density at radius 2 is 2.03 bits per heavy atom. The summed E-state index contributed by atoms with van der Waals surface area (Å²) in [5, 5.41) is 4.21. The van der Waals surface area contributed by atoms with Crippen LogP contribution in [-0.4, -0.2) is 27.8 Å². The molecule has 1 aliphatic carbocycles. The molecular formula is C24H27N3O3S2. The number of thioether (sulfide) groups is 1. The van der Waals surface area contributed by atoms with Gasteiger partial charge in [-0.1, -0.05) is 23.9 Å². The minimum absolute atomic E-state index is 0.0215. The van der Waals surface area contributed by atoms with Gasteiger partial charge < -0.3 is 10.1 Å². The van der Waals surface area contributed by atoms with E-state index in [2.05, 4.69) is 11.9 Å².